The van der Waals surface area contributed by atoms with Crippen molar-refractivity contribution in [3.05, 3.63) is 0 Å². The summed E-state index contributed by atoms with van der Waals surface area (Å²) in [6.45, 7) is 11.7. The minimum absolute atomic E-state index is 0.352. The first-order chi connectivity index (χ1) is 5.41. The Bertz CT molecular complexity index is 195. The Morgan fingerprint density at radius 2 is 2.08 bits per heavy atom. The quantitative estimate of drug-likeness (QED) is 0.585. The number of nitrogens with zero attached hydrogens (tertiary/aromatic N) is 1. The van der Waals surface area contributed by atoms with Gasteiger partial charge in [0, 0.05) is 30.2 Å². The molecule has 2 saturated heterocycles. The van der Waals surface area contributed by atoms with E-state index in [9.17, 15) is 0 Å². The third-order valence-electron chi connectivity index (χ3n) is 3.27. The minimum Gasteiger partial charge on any atom is -0.309 e. The number of fused-ring (bicyclic) bond motifs is 2. The van der Waals surface area contributed by atoms with Crippen molar-refractivity contribution >= 4 is 0 Å². The van der Waals surface area contributed by atoms with Crippen LogP contribution < -0.4 is 5.32 Å². The highest BCUT2D eigenvalue weighted by Crippen LogP contribution is 2.36. The Morgan fingerprint density at radius 1 is 1.42 bits per heavy atom. The van der Waals surface area contributed by atoms with Crippen molar-refractivity contribution in [2.75, 3.05) is 13.1 Å². The monoisotopic (exact) mass is 168 g/mol. The molecule has 0 aromatic carbocycles. The summed E-state index contributed by atoms with van der Waals surface area (Å²) in [5, 5.41) is 3.59. The SMILES string of the molecule is CC(C)(C)N1C[C@@]2(C)C[C@@H]1CN2. The van der Waals surface area contributed by atoms with Crippen LogP contribution in [-0.2, 0) is 0 Å². The van der Waals surface area contributed by atoms with Crippen LogP contribution in [0, 0.1) is 0 Å². The van der Waals surface area contributed by atoms with E-state index in [1.54, 1.807) is 0 Å². The van der Waals surface area contributed by atoms with Crippen LogP contribution >= 0.6 is 0 Å². The molecule has 0 aromatic heterocycles. The molecule has 2 nitrogen and oxygen atoms in total. The van der Waals surface area contributed by atoms with Crippen LogP contribution in [0.2, 0.25) is 0 Å². The van der Waals surface area contributed by atoms with Gasteiger partial charge in [0.1, 0.15) is 0 Å². The van der Waals surface area contributed by atoms with Crippen molar-refractivity contribution in [2.45, 2.75) is 51.2 Å². The van der Waals surface area contributed by atoms with Gasteiger partial charge in [0.25, 0.3) is 0 Å². The summed E-state index contributed by atoms with van der Waals surface area (Å²) in [7, 11) is 0. The van der Waals surface area contributed by atoms with E-state index in [4.69, 9.17) is 0 Å². The summed E-state index contributed by atoms with van der Waals surface area (Å²) < 4.78 is 0. The predicted molar refractivity (Wildman–Crippen MR) is 51.3 cm³/mol. The van der Waals surface area contributed by atoms with Crippen LogP contribution in [0.25, 0.3) is 0 Å². The van der Waals surface area contributed by atoms with E-state index in [-0.39, 0.29) is 0 Å². The zero-order valence-electron chi connectivity index (χ0n) is 8.65. The second kappa shape index (κ2) is 2.24. The van der Waals surface area contributed by atoms with Crippen LogP contribution in [0.15, 0.2) is 0 Å². The Hall–Kier alpha value is -0.0800. The van der Waals surface area contributed by atoms with Gasteiger partial charge in [-0.05, 0) is 34.1 Å². The molecule has 70 valence electrons. The highest BCUT2D eigenvalue weighted by molar-refractivity contribution is 5.09. The van der Waals surface area contributed by atoms with Crippen molar-refractivity contribution < 1.29 is 0 Å². The summed E-state index contributed by atoms with van der Waals surface area (Å²) in [5.41, 5.74) is 0.766. The molecule has 0 amide bonds. The first-order valence-electron chi connectivity index (χ1n) is 4.93. The zero-order valence-corrected chi connectivity index (χ0v) is 8.65. The summed E-state index contributed by atoms with van der Waals surface area (Å²) in [6, 6.07) is 0.787. The van der Waals surface area contributed by atoms with Gasteiger partial charge in [-0.1, -0.05) is 0 Å². The summed E-state index contributed by atoms with van der Waals surface area (Å²) >= 11 is 0. The molecule has 2 bridgehead atoms. The lowest BCUT2D eigenvalue weighted by molar-refractivity contribution is 0.0942. The zero-order chi connectivity index (χ0) is 8.98. The van der Waals surface area contributed by atoms with Gasteiger partial charge in [0.05, 0.1) is 0 Å². The fraction of sp³-hybridized carbons (Fsp3) is 1.00. The second-order valence-corrected chi connectivity index (χ2v) is 5.60. The van der Waals surface area contributed by atoms with Crippen LogP contribution in [-0.4, -0.2) is 35.1 Å². The van der Waals surface area contributed by atoms with E-state index >= 15 is 0 Å². The third kappa shape index (κ3) is 1.17. The number of hydrogen-bond donors (Lipinski definition) is 1. The average Bonchev–Trinajstić information content (AvgIpc) is 2.39. The van der Waals surface area contributed by atoms with Gasteiger partial charge >= 0.3 is 0 Å². The van der Waals surface area contributed by atoms with E-state index in [2.05, 4.69) is 37.9 Å². The maximum absolute atomic E-state index is 3.59. The van der Waals surface area contributed by atoms with Crippen molar-refractivity contribution in [3.8, 4) is 0 Å². The molecule has 2 rings (SSSR count). The lowest BCUT2D eigenvalue weighted by Gasteiger charge is -2.40. The number of rotatable bonds is 0. The van der Waals surface area contributed by atoms with E-state index in [0.717, 1.165) is 6.04 Å². The number of nitrogens with one attached hydrogen (secondary N) is 1. The van der Waals surface area contributed by atoms with Gasteiger partial charge in [-0.2, -0.15) is 0 Å². The average molecular weight is 168 g/mol. The molecule has 2 heterocycles. The third-order valence-corrected chi connectivity index (χ3v) is 3.27. The highest BCUT2D eigenvalue weighted by atomic mass is 15.3. The maximum atomic E-state index is 3.59. The predicted octanol–water partition coefficient (Wildman–Crippen LogP) is 1.22. The molecule has 1 N–H and O–H groups in total. The lowest BCUT2D eigenvalue weighted by Crippen LogP contribution is -2.55. The maximum Gasteiger partial charge on any atom is 0.0296 e. The molecular weight excluding hydrogens is 148 g/mol. The Balaban J connectivity index is 2.15. The fourth-order valence-corrected chi connectivity index (χ4v) is 2.66. The summed E-state index contributed by atoms with van der Waals surface area (Å²) in [5.74, 6) is 0. The first kappa shape index (κ1) is 8.52. The molecule has 0 saturated carbocycles. The molecule has 2 aliphatic rings. The standard InChI is InChI=1S/C10H20N2/c1-9(2,3)12-7-10(4)5-8(12)6-11-10/h8,11H,5-7H2,1-4H3/t8-,10-/m1/s1. The fourth-order valence-electron chi connectivity index (χ4n) is 2.66. The molecule has 2 heteroatoms. The Kier molecular flexibility index (Phi) is 1.59. The normalized spacial score (nSPS) is 42.5. The first-order valence-corrected chi connectivity index (χ1v) is 4.93. The lowest BCUT2D eigenvalue weighted by atomic mass is 10.0. The van der Waals surface area contributed by atoms with E-state index in [1.807, 2.05) is 0 Å². The largest absolute Gasteiger partial charge is 0.309 e. The van der Waals surface area contributed by atoms with Crippen molar-refractivity contribution in [3.63, 3.8) is 0 Å². The van der Waals surface area contributed by atoms with Gasteiger partial charge in [-0.25, -0.2) is 0 Å². The number of likely N-dealkylation sites (tertiary alicyclic amines) is 1. The summed E-state index contributed by atoms with van der Waals surface area (Å²) in [4.78, 5) is 2.64. The van der Waals surface area contributed by atoms with E-state index < -0.39 is 0 Å². The Morgan fingerprint density at radius 3 is 2.33 bits per heavy atom. The van der Waals surface area contributed by atoms with E-state index in [0.29, 0.717) is 11.1 Å². The van der Waals surface area contributed by atoms with Crippen molar-refractivity contribution in [1.29, 1.82) is 0 Å². The Labute approximate surface area is 75.3 Å². The molecule has 2 aliphatic heterocycles. The topological polar surface area (TPSA) is 15.3 Å². The summed E-state index contributed by atoms with van der Waals surface area (Å²) in [6.07, 6.45) is 1.34. The molecule has 0 spiro atoms. The molecule has 0 radical (unpaired) electrons. The smallest absolute Gasteiger partial charge is 0.0296 e. The van der Waals surface area contributed by atoms with Gasteiger partial charge in [0.15, 0.2) is 0 Å². The molecular formula is C10H20N2. The van der Waals surface area contributed by atoms with E-state index in [1.165, 1.54) is 19.5 Å². The second-order valence-electron chi connectivity index (χ2n) is 5.60. The molecule has 0 aliphatic carbocycles. The molecule has 0 aromatic rings. The van der Waals surface area contributed by atoms with Crippen molar-refractivity contribution in [1.82, 2.24) is 10.2 Å². The number of hydrogen-bond acceptors (Lipinski definition) is 2. The van der Waals surface area contributed by atoms with Gasteiger partial charge in [-0.15, -0.1) is 0 Å². The van der Waals surface area contributed by atoms with Crippen LogP contribution in [0.3, 0.4) is 0 Å². The van der Waals surface area contributed by atoms with Gasteiger partial charge in [0.2, 0.25) is 0 Å². The molecule has 12 heavy (non-hydrogen) atoms. The van der Waals surface area contributed by atoms with Crippen LogP contribution in [0.5, 0.6) is 0 Å². The number of piperazine rings is 1. The molecule has 2 atom stereocenters. The minimum atomic E-state index is 0.352. The molecule has 2 fully saturated rings. The molecule has 0 unspecified atom stereocenters. The van der Waals surface area contributed by atoms with Crippen LogP contribution in [0.4, 0.5) is 0 Å². The van der Waals surface area contributed by atoms with Gasteiger partial charge in [-0.3, -0.25) is 4.90 Å². The highest BCUT2D eigenvalue weighted by Gasteiger charge is 2.49. The van der Waals surface area contributed by atoms with Crippen LogP contribution in [0.1, 0.15) is 34.1 Å². The van der Waals surface area contributed by atoms with Gasteiger partial charge < -0.3 is 5.32 Å². The van der Waals surface area contributed by atoms with Crippen molar-refractivity contribution in [2.24, 2.45) is 0 Å².